The van der Waals surface area contributed by atoms with Crippen LogP contribution in [0.2, 0.25) is 0 Å². The van der Waals surface area contributed by atoms with Crippen LogP contribution in [0.4, 0.5) is 0 Å². The van der Waals surface area contributed by atoms with Crippen molar-refractivity contribution in [2.75, 3.05) is 0 Å². The number of benzene rings is 1. The van der Waals surface area contributed by atoms with Gasteiger partial charge >= 0.3 is 5.97 Å². The van der Waals surface area contributed by atoms with E-state index in [0.717, 1.165) is 0 Å². The van der Waals surface area contributed by atoms with Crippen molar-refractivity contribution < 1.29 is 14.3 Å². The molecule has 150 valence electrons. The van der Waals surface area contributed by atoms with Crippen LogP contribution in [-0.4, -0.2) is 17.9 Å². The molecule has 1 aromatic rings. The second kappa shape index (κ2) is 15.6. The van der Waals surface area contributed by atoms with Crippen LogP contribution in [0.15, 0.2) is 61.3 Å². The highest BCUT2D eigenvalue weighted by Gasteiger charge is 2.22. The lowest BCUT2D eigenvalue weighted by molar-refractivity contribution is -0.136. The summed E-state index contributed by atoms with van der Waals surface area (Å²) in [5.41, 5.74) is 6.49. The van der Waals surface area contributed by atoms with Gasteiger partial charge in [-0.05, 0) is 30.2 Å². The van der Waals surface area contributed by atoms with Crippen LogP contribution >= 0.6 is 0 Å². The van der Waals surface area contributed by atoms with Gasteiger partial charge in [0.25, 0.3) is 5.91 Å². The minimum atomic E-state index is -0.754. The second-order valence-corrected chi connectivity index (χ2v) is 5.20. The number of para-hydroxylation sites is 1. The first-order valence-electron chi connectivity index (χ1n) is 9.23. The zero-order valence-electron chi connectivity index (χ0n) is 17.4. The van der Waals surface area contributed by atoms with E-state index in [-0.39, 0.29) is 17.2 Å². The van der Waals surface area contributed by atoms with E-state index in [1.807, 2.05) is 41.5 Å². The molecular weight excluding hydrogens is 340 g/mol. The minimum absolute atomic E-state index is 0.0635. The Kier molecular flexibility index (Phi) is 15.3. The van der Waals surface area contributed by atoms with E-state index in [4.69, 9.17) is 10.5 Å². The molecule has 1 aromatic carbocycles. The number of esters is 1. The maximum Gasteiger partial charge on any atom is 0.328 e. The lowest BCUT2D eigenvalue weighted by atomic mass is 10.1. The molecule has 1 atom stereocenters. The SMILES string of the molecule is C=C/C=C(\C=C)NC(=O)c1ccccc1OC(=O)C(N)C(C)C.CC.CC. The predicted molar refractivity (Wildman–Crippen MR) is 114 cm³/mol. The molecule has 1 rings (SSSR count). The van der Waals surface area contributed by atoms with Gasteiger partial charge in [0, 0.05) is 5.70 Å². The molecule has 0 saturated heterocycles. The molecule has 0 fully saturated rings. The summed E-state index contributed by atoms with van der Waals surface area (Å²) in [6.45, 7) is 18.8. The van der Waals surface area contributed by atoms with Crippen LogP contribution in [0.1, 0.15) is 51.9 Å². The summed E-state index contributed by atoms with van der Waals surface area (Å²) in [6.07, 6.45) is 4.63. The maximum absolute atomic E-state index is 12.3. The van der Waals surface area contributed by atoms with E-state index in [9.17, 15) is 9.59 Å². The number of allylic oxidation sites excluding steroid dienone is 3. The van der Waals surface area contributed by atoms with Crippen molar-refractivity contribution in [2.24, 2.45) is 11.7 Å². The highest BCUT2D eigenvalue weighted by molar-refractivity contribution is 5.99. The predicted octanol–water partition coefficient (Wildman–Crippen LogP) is 4.61. The quantitative estimate of drug-likeness (QED) is 0.415. The minimum Gasteiger partial charge on any atom is -0.425 e. The number of rotatable bonds is 7. The van der Waals surface area contributed by atoms with Gasteiger partial charge in [0.1, 0.15) is 11.8 Å². The molecule has 0 aliphatic heterocycles. The molecule has 0 aliphatic carbocycles. The monoisotopic (exact) mass is 374 g/mol. The van der Waals surface area contributed by atoms with Gasteiger partial charge in [0.05, 0.1) is 5.56 Å². The number of hydrogen-bond acceptors (Lipinski definition) is 4. The van der Waals surface area contributed by atoms with E-state index < -0.39 is 17.9 Å². The van der Waals surface area contributed by atoms with Crippen molar-refractivity contribution in [1.82, 2.24) is 5.32 Å². The van der Waals surface area contributed by atoms with Gasteiger partial charge in [-0.15, -0.1) is 0 Å². The fraction of sp³-hybridized carbons (Fsp3) is 0.364. The van der Waals surface area contributed by atoms with E-state index in [1.165, 1.54) is 12.2 Å². The maximum atomic E-state index is 12.3. The highest BCUT2D eigenvalue weighted by Crippen LogP contribution is 2.19. The third-order valence-corrected chi connectivity index (χ3v) is 3.11. The molecule has 3 N–H and O–H groups in total. The Balaban J connectivity index is 0. The summed E-state index contributed by atoms with van der Waals surface area (Å²) < 4.78 is 5.27. The summed E-state index contributed by atoms with van der Waals surface area (Å²) in [7, 11) is 0. The fourth-order valence-corrected chi connectivity index (χ4v) is 1.68. The van der Waals surface area contributed by atoms with Crippen LogP contribution in [-0.2, 0) is 4.79 Å². The Morgan fingerprint density at radius 1 is 1.11 bits per heavy atom. The summed E-state index contributed by atoms with van der Waals surface area (Å²) in [6, 6.07) is 5.71. The van der Waals surface area contributed by atoms with Crippen LogP contribution in [0.25, 0.3) is 0 Å². The molecule has 0 aromatic heterocycles. The Morgan fingerprint density at radius 2 is 1.67 bits per heavy atom. The van der Waals surface area contributed by atoms with Crippen LogP contribution in [0.3, 0.4) is 0 Å². The summed E-state index contributed by atoms with van der Waals surface area (Å²) in [5.74, 6) is -0.898. The van der Waals surface area contributed by atoms with Gasteiger partial charge in [0.2, 0.25) is 0 Å². The van der Waals surface area contributed by atoms with E-state index in [1.54, 1.807) is 30.3 Å². The zero-order valence-corrected chi connectivity index (χ0v) is 17.4. The molecule has 5 nitrogen and oxygen atoms in total. The number of carbonyl (C=O) groups excluding carboxylic acids is 2. The average Bonchev–Trinajstić information content (AvgIpc) is 2.70. The smallest absolute Gasteiger partial charge is 0.328 e. The second-order valence-electron chi connectivity index (χ2n) is 5.20. The Morgan fingerprint density at radius 3 is 2.15 bits per heavy atom. The number of ether oxygens (including phenoxy) is 1. The van der Waals surface area contributed by atoms with Gasteiger partial charge in [-0.1, -0.05) is 72.9 Å². The standard InChI is InChI=1S/C18H22N2O3.2C2H6/c1-5-9-13(6-2)20-17(21)14-10-7-8-11-15(14)23-18(22)16(19)12(3)4;2*1-2/h5-12,16H,1-2,19H2,3-4H3,(H,20,21);2*1-2H3/b13-9+;;. The molecule has 0 aliphatic rings. The van der Waals surface area contributed by atoms with Crippen molar-refractivity contribution in [3.63, 3.8) is 0 Å². The Labute approximate surface area is 164 Å². The van der Waals surface area contributed by atoms with Gasteiger partial charge in [-0.2, -0.15) is 0 Å². The van der Waals surface area contributed by atoms with Crippen molar-refractivity contribution in [2.45, 2.75) is 47.6 Å². The Bertz CT molecular complexity index is 634. The van der Waals surface area contributed by atoms with Gasteiger partial charge in [-0.3, -0.25) is 4.79 Å². The van der Waals surface area contributed by atoms with Gasteiger partial charge in [0.15, 0.2) is 0 Å². The zero-order chi connectivity index (χ0) is 21.4. The molecule has 5 heteroatoms. The molecule has 27 heavy (non-hydrogen) atoms. The summed E-state index contributed by atoms with van der Waals surface area (Å²) in [5, 5.41) is 2.66. The number of amides is 1. The summed E-state index contributed by atoms with van der Waals surface area (Å²) in [4.78, 5) is 24.3. The first-order valence-corrected chi connectivity index (χ1v) is 9.23. The van der Waals surface area contributed by atoms with Crippen molar-refractivity contribution in [1.29, 1.82) is 0 Å². The van der Waals surface area contributed by atoms with Gasteiger partial charge in [-0.25, -0.2) is 4.79 Å². The van der Waals surface area contributed by atoms with Crippen LogP contribution < -0.4 is 15.8 Å². The molecule has 0 saturated carbocycles. The normalized spacial score (nSPS) is 11.0. The summed E-state index contributed by atoms with van der Waals surface area (Å²) >= 11 is 0. The number of nitrogens with one attached hydrogen (secondary N) is 1. The first-order chi connectivity index (χ1) is 12.9. The topological polar surface area (TPSA) is 81.4 Å². The van der Waals surface area contributed by atoms with Gasteiger partial charge < -0.3 is 15.8 Å². The molecule has 0 radical (unpaired) electrons. The Hall–Kier alpha value is -2.66. The molecule has 0 heterocycles. The molecule has 0 spiro atoms. The van der Waals surface area contributed by atoms with E-state index in [2.05, 4.69) is 18.5 Å². The first kappa shape index (κ1) is 26.6. The van der Waals surface area contributed by atoms with E-state index in [0.29, 0.717) is 5.70 Å². The highest BCUT2D eigenvalue weighted by atomic mass is 16.5. The van der Waals surface area contributed by atoms with Crippen LogP contribution in [0.5, 0.6) is 5.75 Å². The van der Waals surface area contributed by atoms with Crippen molar-refractivity contribution in [3.05, 3.63) is 66.9 Å². The largest absolute Gasteiger partial charge is 0.425 e. The van der Waals surface area contributed by atoms with E-state index >= 15 is 0 Å². The van der Waals surface area contributed by atoms with Crippen molar-refractivity contribution in [3.8, 4) is 5.75 Å². The molecular formula is C22H34N2O3. The molecule has 0 bridgehead atoms. The van der Waals surface area contributed by atoms with Crippen molar-refractivity contribution >= 4 is 11.9 Å². The lowest BCUT2D eigenvalue weighted by Gasteiger charge is -2.16. The number of carbonyl (C=O) groups is 2. The third-order valence-electron chi connectivity index (χ3n) is 3.11. The average molecular weight is 375 g/mol. The number of nitrogens with two attached hydrogens (primary N) is 1. The number of hydrogen-bond donors (Lipinski definition) is 2. The molecule has 1 amide bonds. The third kappa shape index (κ3) is 9.56. The fourth-order valence-electron chi connectivity index (χ4n) is 1.68. The molecule has 1 unspecified atom stereocenters. The van der Waals surface area contributed by atoms with Crippen LogP contribution in [0, 0.1) is 5.92 Å². The lowest BCUT2D eigenvalue weighted by Crippen LogP contribution is -2.39.